The van der Waals surface area contributed by atoms with Crippen molar-refractivity contribution < 1.29 is 13.9 Å². The highest BCUT2D eigenvalue weighted by molar-refractivity contribution is 9.09. The van der Waals surface area contributed by atoms with Gasteiger partial charge >= 0.3 is 0 Å². The molecule has 1 rings (SSSR count). The number of hydrogen-bond donors (Lipinski definition) is 1. The molecule has 0 amide bonds. The summed E-state index contributed by atoms with van der Waals surface area (Å²) in [4.78, 5) is 1.44. The molecule has 1 aromatic rings. The molecular weight excluding hydrogens is 268 g/mol. The zero-order valence-corrected chi connectivity index (χ0v) is 10.1. The third-order valence-corrected chi connectivity index (χ3v) is 2.67. The molecule has 84 valence electrons. The van der Waals surface area contributed by atoms with Crippen molar-refractivity contribution in [3.05, 3.63) is 29.3 Å². The fourth-order valence-corrected chi connectivity index (χ4v) is 1.71. The summed E-state index contributed by atoms with van der Waals surface area (Å²) in [7, 11) is 3.20. The second kappa shape index (κ2) is 4.90. The number of rotatable bonds is 3. The molecule has 0 spiro atoms. The number of aliphatic hydroxyl groups is 1. The molecule has 0 aliphatic rings. The number of nitrogens with zero attached hydrogens (tertiary/aromatic N) is 1. The van der Waals surface area contributed by atoms with Gasteiger partial charge in [0.2, 0.25) is 0 Å². The van der Waals surface area contributed by atoms with Crippen LogP contribution < -0.4 is 4.90 Å². The first-order valence-corrected chi connectivity index (χ1v) is 5.50. The van der Waals surface area contributed by atoms with Crippen molar-refractivity contribution in [3.8, 4) is 0 Å². The van der Waals surface area contributed by atoms with Gasteiger partial charge in [0.1, 0.15) is 0 Å². The fourth-order valence-electron chi connectivity index (χ4n) is 1.36. The Kier molecular flexibility index (Phi) is 4.04. The lowest BCUT2D eigenvalue weighted by atomic mass is 10.1. The predicted molar refractivity (Wildman–Crippen MR) is 59.4 cm³/mol. The minimum Gasteiger partial charge on any atom is -0.387 e. The van der Waals surface area contributed by atoms with Crippen molar-refractivity contribution in [2.75, 3.05) is 24.3 Å². The summed E-state index contributed by atoms with van der Waals surface area (Å²) in [5.74, 6) is -1.85. The van der Waals surface area contributed by atoms with E-state index in [1.54, 1.807) is 14.1 Å². The lowest BCUT2D eigenvalue weighted by molar-refractivity contribution is 0.205. The molecule has 5 heteroatoms. The monoisotopic (exact) mass is 279 g/mol. The van der Waals surface area contributed by atoms with Gasteiger partial charge in [-0.2, -0.15) is 0 Å². The zero-order valence-electron chi connectivity index (χ0n) is 8.47. The van der Waals surface area contributed by atoms with Gasteiger partial charge in [-0.3, -0.25) is 0 Å². The van der Waals surface area contributed by atoms with Crippen molar-refractivity contribution in [2.45, 2.75) is 6.10 Å². The second-order valence-corrected chi connectivity index (χ2v) is 4.01. The van der Waals surface area contributed by atoms with E-state index < -0.39 is 17.7 Å². The van der Waals surface area contributed by atoms with Crippen molar-refractivity contribution in [1.82, 2.24) is 0 Å². The van der Waals surface area contributed by atoms with Crippen LogP contribution in [0, 0.1) is 11.6 Å². The predicted octanol–water partition coefficient (Wildman–Crippen LogP) is 2.46. The molecule has 1 unspecified atom stereocenters. The van der Waals surface area contributed by atoms with E-state index in [1.165, 1.54) is 11.0 Å². The first kappa shape index (κ1) is 12.4. The molecule has 0 saturated heterocycles. The summed E-state index contributed by atoms with van der Waals surface area (Å²) in [6.45, 7) is 0. The van der Waals surface area contributed by atoms with Gasteiger partial charge in [-0.1, -0.05) is 22.0 Å². The lowest BCUT2D eigenvalue weighted by Gasteiger charge is -2.20. The van der Waals surface area contributed by atoms with Crippen LogP contribution in [0.2, 0.25) is 0 Å². The molecule has 15 heavy (non-hydrogen) atoms. The number of anilines is 1. The number of aliphatic hydroxyl groups excluding tert-OH is 1. The molecule has 0 fully saturated rings. The summed E-state index contributed by atoms with van der Waals surface area (Å²) in [5, 5.41) is 9.89. The van der Waals surface area contributed by atoms with Crippen LogP contribution in [0.5, 0.6) is 0 Å². The van der Waals surface area contributed by atoms with Crippen LogP contribution in [0.1, 0.15) is 11.7 Å². The van der Waals surface area contributed by atoms with E-state index in [4.69, 9.17) is 0 Å². The van der Waals surface area contributed by atoms with Gasteiger partial charge in [-0.15, -0.1) is 0 Å². The van der Waals surface area contributed by atoms with Crippen LogP contribution in [0.4, 0.5) is 14.5 Å². The lowest BCUT2D eigenvalue weighted by Crippen LogP contribution is -2.16. The fraction of sp³-hybridized carbons (Fsp3) is 0.400. The molecule has 1 N–H and O–H groups in total. The zero-order chi connectivity index (χ0) is 11.6. The van der Waals surface area contributed by atoms with Gasteiger partial charge in [-0.25, -0.2) is 8.78 Å². The summed E-state index contributed by atoms with van der Waals surface area (Å²) in [6.07, 6.45) is -0.850. The van der Waals surface area contributed by atoms with Gasteiger partial charge in [0.15, 0.2) is 11.6 Å². The van der Waals surface area contributed by atoms with E-state index in [2.05, 4.69) is 15.9 Å². The van der Waals surface area contributed by atoms with E-state index in [-0.39, 0.29) is 11.0 Å². The summed E-state index contributed by atoms with van der Waals surface area (Å²) < 4.78 is 26.5. The average Bonchev–Trinajstić information content (AvgIpc) is 2.20. The highest BCUT2D eigenvalue weighted by atomic mass is 79.9. The molecule has 0 bridgehead atoms. The summed E-state index contributed by atoms with van der Waals surface area (Å²) >= 11 is 3.09. The minimum absolute atomic E-state index is 0.0851. The number of halogens is 3. The standard InChI is InChI=1S/C10H12BrF2NO/c1-14(2)10-6(8(15)5-11)3-4-7(12)9(10)13/h3-4,8,15H,5H2,1-2H3. The van der Waals surface area contributed by atoms with Crippen LogP contribution in [0.25, 0.3) is 0 Å². The van der Waals surface area contributed by atoms with Crippen LogP contribution in [-0.4, -0.2) is 24.5 Å². The van der Waals surface area contributed by atoms with E-state index in [0.29, 0.717) is 5.56 Å². The molecule has 0 saturated carbocycles. The number of hydrogen-bond acceptors (Lipinski definition) is 2. The molecule has 0 aromatic heterocycles. The molecule has 0 heterocycles. The first-order chi connectivity index (χ1) is 6.99. The molecular formula is C10H12BrF2NO. The van der Waals surface area contributed by atoms with Crippen LogP contribution in [0.15, 0.2) is 12.1 Å². The van der Waals surface area contributed by atoms with Crippen molar-refractivity contribution in [2.24, 2.45) is 0 Å². The summed E-state index contributed by atoms with van der Waals surface area (Å²) in [6, 6.07) is 2.41. The largest absolute Gasteiger partial charge is 0.387 e. The smallest absolute Gasteiger partial charge is 0.182 e. The van der Waals surface area contributed by atoms with E-state index in [1.807, 2.05) is 0 Å². The van der Waals surface area contributed by atoms with E-state index in [0.717, 1.165) is 6.07 Å². The van der Waals surface area contributed by atoms with Crippen LogP contribution >= 0.6 is 15.9 Å². The third kappa shape index (κ3) is 2.46. The Labute approximate surface area is 95.6 Å². The summed E-state index contributed by atoms with van der Waals surface area (Å²) in [5.41, 5.74) is 0.456. The van der Waals surface area contributed by atoms with E-state index >= 15 is 0 Å². The molecule has 0 aliphatic heterocycles. The topological polar surface area (TPSA) is 23.5 Å². The van der Waals surface area contributed by atoms with Gasteiger partial charge in [-0.05, 0) is 6.07 Å². The van der Waals surface area contributed by atoms with Crippen molar-refractivity contribution >= 4 is 21.6 Å². The minimum atomic E-state index is -0.933. The highest BCUT2D eigenvalue weighted by Gasteiger charge is 2.19. The number of alkyl halides is 1. The SMILES string of the molecule is CN(C)c1c(C(O)CBr)ccc(F)c1F. The molecule has 0 radical (unpaired) electrons. The molecule has 0 aliphatic carbocycles. The Morgan fingerprint density at radius 3 is 2.47 bits per heavy atom. The van der Waals surface area contributed by atoms with Gasteiger partial charge in [0, 0.05) is 25.0 Å². The van der Waals surface area contributed by atoms with Crippen molar-refractivity contribution in [3.63, 3.8) is 0 Å². The van der Waals surface area contributed by atoms with Crippen molar-refractivity contribution in [1.29, 1.82) is 0 Å². The Morgan fingerprint density at radius 2 is 2.00 bits per heavy atom. The van der Waals surface area contributed by atoms with Crippen LogP contribution in [0.3, 0.4) is 0 Å². The van der Waals surface area contributed by atoms with Gasteiger partial charge in [0.05, 0.1) is 11.8 Å². The van der Waals surface area contributed by atoms with Crippen LogP contribution in [-0.2, 0) is 0 Å². The maximum absolute atomic E-state index is 13.5. The Bertz CT molecular complexity index is 358. The maximum atomic E-state index is 13.5. The first-order valence-electron chi connectivity index (χ1n) is 4.38. The molecule has 2 nitrogen and oxygen atoms in total. The quantitative estimate of drug-likeness (QED) is 0.860. The van der Waals surface area contributed by atoms with Gasteiger partial charge < -0.3 is 10.0 Å². The Hall–Kier alpha value is -0.680. The average molecular weight is 280 g/mol. The Balaban J connectivity index is 3.33. The Morgan fingerprint density at radius 1 is 1.40 bits per heavy atom. The highest BCUT2D eigenvalue weighted by Crippen LogP contribution is 2.30. The third-order valence-electron chi connectivity index (χ3n) is 2.05. The normalized spacial score (nSPS) is 12.7. The number of benzene rings is 1. The second-order valence-electron chi connectivity index (χ2n) is 3.36. The molecule has 1 atom stereocenters. The maximum Gasteiger partial charge on any atom is 0.182 e. The molecule has 1 aromatic carbocycles. The van der Waals surface area contributed by atoms with E-state index in [9.17, 15) is 13.9 Å². The van der Waals surface area contributed by atoms with Gasteiger partial charge in [0.25, 0.3) is 0 Å².